The van der Waals surface area contributed by atoms with Crippen molar-refractivity contribution in [2.75, 3.05) is 39.5 Å². The quantitative estimate of drug-likeness (QED) is 0.765. The predicted molar refractivity (Wildman–Crippen MR) is 94.3 cm³/mol. The number of hydrogen-bond donors (Lipinski definition) is 2. The van der Waals surface area contributed by atoms with Crippen molar-refractivity contribution in [3.8, 4) is 17.2 Å². The summed E-state index contributed by atoms with van der Waals surface area (Å²) in [5, 5.41) is 6.10. The van der Waals surface area contributed by atoms with Gasteiger partial charge < -0.3 is 19.5 Å². The van der Waals surface area contributed by atoms with E-state index >= 15 is 0 Å². The zero-order chi connectivity index (χ0) is 15.9. The molecule has 0 bridgehead atoms. The third-order valence-electron chi connectivity index (χ3n) is 3.52. The summed E-state index contributed by atoms with van der Waals surface area (Å²) in [5.74, 6) is 3.75. The van der Waals surface area contributed by atoms with Crippen LogP contribution in [0.3, 0.4) is 0 Å². The summed E-state index contributed by atoms with van der Waals surface area (Å²) in [6, 6.07) is 3.54. The van der Waals surface area contributed by atoms with Crippen molar-refractivity contribution in [2.45, 2.75) is 12.5 Å². The van der Waals surface area contributed by atoms with E-state index in [1.54, 1.807) is 33.1 Å². The molecule has 0 radical (unpaired) electrons. The van der Waals surface area contributed by atoms with Crippen LogP contribution in [-0.4, -0.2) is 51.5 Å². The number of nitrogens with one attached hydrogen (secondary N) is 2. The molecule has 2 rings (SSSR count). The van der Waals surface area contributed by atoms with E-state index < -0.39 is 0 Å². The Morgan fingerprint density at radius 2 is 1.91 bits per heavy atom. The summed E-state index contributed by atoms with van der Waals surface area (Å²) in [7, 11) is 4.81. The van der Waals surface area contributed by atoms with Gasteiger partial charge in [0.05, 0.1) is 27.4 Å². The van der Waals surface area contributed by atoms with Crippen molar-refractivity contribution in [2.24, 2.45) is 0 Å². The molecule has 0 aromatic heterocycles. The Bertz CT molecular complexity index is 499. The number of benzene rings is 1. The topological polar surface area (TPSA) is 68.8 Å². The molecular weight excluding hydrogens is 340 g/mol. The highest BCUT2D eigenvalue weighted by Gasteiger charge is 2.22. The van der Waals surface area contributed by atoms with E-state index in [-0.39, 0.29) is 24.4 Å². The fraction of sp³-hybridized carbons (Fsp3) is 0.533. The molecule has 1 amide bonds. The van der Waals surface area contributed by atoms with Gasteiger partial charge in [0.25, 0.3) is 0 Å². The number of ether oxygens (including phenoxy) is 3. The summed E-state index contributed by atoms with van der Waals surface area (Å²) in [4.78, 5) is 12.0. The lowest BCUT2D eigenvalue weighted by Gasteiger charge is -2.16. The molecule has 1 heterocycles. The highest BCUT2D eigenvalue weighted by molar-refractivity contribution is 7.99. The Balaban J connectivity index is 0.00000264. The third-order valence-corrected chi connectivity index (χ3v) is 4.46. The number of carbonyl (C=O) groups excluding carboxylic acids is 1. The van der Waals surface area contributed by atoms with Crippen LogP contribution >= 0.6 is 24.2 Å². The molecule has 2 N–H and O–H groups in total. The van der Waals surface area contributed by atoms with Gasteiger partial charge in [-0.25, -0.2) is 0 Å². The molecule has 1 aromatic rings. The summed E-state index contributed by atoms with van der Waals surface area (Å²) in [6.07, 6.45) is 0.627. The van der Waals surface area contributed by atoms with E-state index in [0.717, 1.165) is 17.2 Å². The molecule has 0 spiro atoms. The van der Waals surface area contributed by atoms with Gasteiger partial charge in [-0.05, 0) is 6.42 Å². The molecule has 1 atom stereocenters. The van der Waals surface area contributed by atoms with Crippen LogP contribution in [0, 0.1) is 0 Å². The standard InChI is InChI=1S/C15H22N2O4S.ClH/c1-19-10-6-13(20-2)11(14(7-10)21-3)4-5-16-15(18)12-8-22-9-17-12;/h6-7,12,17H,4-5,8-9H2,1-3H3,(H,16,18);1H. The first-order chi connectivity index (χ1) is 10.7. The van der Waals surface area contributed by atoms with Crippen LogP contribution in [0.2, 0.25) is 0 Å². The number of methoxy groups -OCH3 is 3. The maximum atomic E-state index is 12.0. The lowest BCUT2D eigenvalue weighted by molar-refractivity contribution is -0.122. The Morgan fingerprint density at radius 3 is 2.39 bits per heavy atom. The summed E-state index contributed by atoms with van der Waals surface area (Å²) >= 11 is 1.73. The van der Waals surface area contributed by atoms with Crippen molar-refractivity contribution < 1.29 is 19.0 Å². The van der Waals surface area contributed by atoms with Gasteiger partial charge in [-0.2, -0.15) is 0 Å². The minimum absolute atomic E-state index is 0. The Kier molecular flexibility index (Phi) is 8.36. The second-order valence-corrected chi connectivity index (χ2v) is 5.85. The monoisotopic (exact) mass is 362 g/mol. The van der Waals surface area contributed by atoms with E-state index in [0.29, 0.717) is 30.2 Å². The zero-order valence-electron chi connectivity index (χ0n) is 13.5. The number of thioether (sulfide) groups is 1. The lowest BCUT2D eigenvalue weighted by atomic mass is 10.1. The summed E-state index contributed by atoms with van der Waals surface area (Å²) < 4.78 is 16.0. The first kappa shape index (κ1) is 19.7. The van der Waals surface area contributed by atoms with Crippen LogP contribution in [0.4, 0.5) is 0 Å². The minimum Gasteiger partial charge on any atom is -0.496 e. The number of carbonyl (C=O) groups is 1. The molecule has 1 aliphatic rings. The Morgan fingerprint density at radius 1 is 1.26 bits per heavy atom. The molecule has 1 unspecified atom stereocenters. The number of halogens is 1. The predicted octanol–water partition coefficient (Wildman–Crippen LogP) is 1.46. The van der Waals surface area contributed by atoms with Crippen molar-refractivity contribution in [3.63, 3.8) is 0 Å². The van der Waals surface area contributed by atoms with Crippen molar-refractivity contribution in [1.29, 1.82) is 0 Å². The van der Waals surface area contributed by atoms with Crippen LogP contribution in [0.15, 0.2) is 12.1 Å². The highest BCUT2D eigenvalue weighted by Crippen LogP contribution is 2.34. The van der Waals surface area contributed by atoms with Gasteiger partial charge >= 0.3 is 0 Å². The van der Waals surface area contributed by atoms with E-state index in [9.17, 15) is 4.79 Å². The number of hydrogen-bond acceptors (Lipinski definition) is 6. The van der Waals surface area contributed by atoms with Gasteiger partial charge in [-0.1, -0.05) is 0 Å². The van der Waals surface area contributed by atoms with Crippen LogP contribution in [0.5, 0.6) is 17.2 Å². The van der Waals surface area contributed by atoms with E-state index in [4.69, 9.17) is 14.2 Å². The SMILES string of the molecule is COc1cc(OC)c(CCNC(=O)C2CSCN2)c(OC)c1.Cl. The highest BCUT2D eigenvalue weighted by atomic mass is 35.5. The van der Waals surface area contributed by atoms with Gasteiger partial charge in [0.1, 0.15) is 17.2 Å². The van der Waals surface area contributed by atoms with Crippen molar-refractivity contribution >= 4 is 30.1 Å². The fourth-order valence-electron chi connectivity index (χ4n) is 2.32. The number of rotatable bonds is 7. The normalized spacial score (nSPS) is 16.4. The molecule has 130 valence electrons. The van der Waals surface area contributed by atoms with Crippen LogP contribution in [-0.2, 0) is 11.2 Å². The smallest absolute Gasteiger partial charge is 0.238 e. The Hall–Kier alpha value is -1.31. The molecule has 0 aliphatic carbocycles. The molecule has 8 heteroatoms. The average Bonchev–Trinajstić information content (AvgIpc) is 3.09. The Labute approximate surface area is 147 Å². The maximum Gasteiger partial charge on any atom is 0.238 e. The van der Waals surface area contributed by atoms with Crippen LogP contribution < -0.4 is 24.8 Å². The van der Waals surface area contributed by atoms with Crippen LogP contribution in [0.1, 0.15) is 5.56 Å². The molecule has 1 saturated heterocycles. The maximum absolute atomic E-state index is 12.0. The fourth-order valence-corrected chi connectivity index (χ4v) is 3.26. The molecule has 6 nitrogen and oxygen atoms in total. The van der Waals surface area contributed by atoms with Crippen molar-refractivity contribution in [3.05, 3.63) is 17.7 Å². The van der Waals surface area contributed by atoms with E-state index in [2.05, 4.69) is 10.6 Å². The molecule has 0 saturated carbocycles. The zero-order valence-corrected chi connectivity index (χ0v) is 15.1. The third kappa shape index (κ3) is 5.09. The average molecular weight is 363 g/mol. The van der Waals surface area contributed by atoms with Gasteiger partial charge in [-0.15, -0.1) is 24.2 Å². The van der Waals surface area contributed by atoms with Gasteiger partial charge in [0.15, 0.2) is 0 Å². The first-order valence-electron chi connectivity index (χ1n) is 7.07. The molecule has 23 heavy (non-hydrogen) atoms. The molecule has 1 fully saturated rings. The molecular formula is C15H23ClN2O4S. The lowest BCUT2D eigenvalue weighted by Crippen LogP contribution is -2.42. The van der Waals surface area contributed by atoms with Gasteiger partial charge in [0.2, 0.25) is 5.91 Å². The largest absolute Gasteiger partial charge is 0.496 e. The number of amides is 1. The molecule has 1 aliphatic heterocycles. The summed E-state index contributed by atoms with van der Waals surface area (Å²) in [6.45, 7) is 0.529. The second kappa shape index (κ2) is 9.75. The van der Waals surface area contributed by atoms with Gasteiger partial charge in [0, 0.05) is 35.9 Å². The summed E-state index contributed by atoms with van der Waals surface area (Å²) in [5.41, 5.74) is 0.917. The first-order valence-corrected chi connectivity index (χ1v) is 8.22. The molecule has 1 aromatic carbocycles. The van der Waals surface area contributed by atoms with E-state index in [1.165, 1.54) is 0 Å². The second-order valence-electron chi connectivity index (χ2n) is 4.82. The minimum atomic E-state index is -0.0929. The van der Waals surface area contributed by atoms with Crippen molar-refractivity contribution in [1.82, 2.24) is 10.6 Å². The van der Waals surface area contributed by atoms with E-state index in [1.807, 2.05) is 12.1 Å². The van der Waals surface area contributed by atoms with Crippen LogP contribution in [0.25, 0.3) is 0 Å². The van der Waals surface area contributed by atoms with Gasteiger partial charge in [-0.3, -0.25) is 10.1 Å².